The van der Waals surface area contributed by atoms with E-state index in [0.29, 0.717) is 13.1 Å². The van der Waals surface area contributed by atoms with Crippen LogP contribution >= 0.6 is 0 Å². The first-order valence-corrected chi connectivity index (χ1v) is 11.9. The Bertz CT molecular complexity index is 1200. The van der Waals surface area contributed by atoms with Gasteiger partial charge in [-0.05, 0) is 29.3 Å². The monoisotopic (exact) mass is 464 g/mol. The molecule has 0 fully saturated rings. The average Bonchev–Trinajstić information content (AvgIpc) is 2.84. The van der Waals surface area contributed by atoms with Crippen LogP contribution in [0.5, 0.6) is 5.75 Å². The van der Waals surface area contributed by atoms with Crippen LogP contribution in [-0.2, 0) is 23.1 Å². The topological polar surface area (TPSA) is 66.9 Å². The molecule has 3 rings (SSSR count). The van der Waals surface area contributed by atoms with Gasteiger partial charge in [-0.2, -0.15) is 4.31 Å². The van der Waals surface area contributed by atoms with Crippen molar-refractivity contribution in [2.45, 2.75) is 18.0 Å². The third-order valence-electron chi connectivity index (χ3n) is 5.20. The standard InChI is InChI=1S/C26H28N2O4S/c1-4-17-28(20-22-13-9-6-10-14-22)26(29)23-15-16-24(32-3)25(18-23)33(30,31)27(2)19-21-11-7-5-8-12-21/h4-16,18H,1,17,19-20H2,2-3H3. The summed E-state index contributed by atoms with van der Waals surface area (Å²) in [7, 11) is -0.997. The highest BCUT2D eigenvalue weighted by atomic mass is 32.2. The van der Waals surface area contributed by atoms with Gasteiger partial charge in [0.15, 0.2) is 0 Å². The number of methoxy groups -OCH3 is 1. The molecule has 3 aromatic carbocycles. The SMILES string of the molecule is C=CCN(Cc1ccccc1)C(=O)c1ccc(OC)c(S(=O)(=O)N(C)Cc2ccccc2)c1. The Labute approximate surface area is 195 Å². The van der Waals surface area contributed by atoms with E-state index in [9.17, 15) is 13.2 Å². The minimum atomic E-state index is -3.92. The van der Waals surface area contributed by atoms with E-state index in [4.69, 9.17) is 4.74 Å². The Morgan fingerprint density at radius 2 is 1.52 bits per heavy atom. The molecular weight excluding hydrogens is 436 g/mol. The Kier molecular flexibility index (Phi) is 8.03. The molecule has 0 aliphatic heterocycles. The molecule has 0 radical (unpaired) electrons. The molecule has 172 valence electrons. The number of ether oxygens (including phenoxy) is 1. The van der Waals surface area contributed by atoms with Crippen LogP contribution in [0.3, 0.4) is 0 Å². The first-order valence-electron chi connectivity index (χ1n) is 10.5. The second-order valence-electron chi connectivity index (χ2n) is 7.57. The molecule has 0 heterocycles. The van der Waals surface area contributed by atoms with Crippen molar-refractivity contribution in [1.82, 2.24) is 9.21 Å². The third-order valence-corrected chi connectivity index (χ3v) is 7.02. The van der Waals surface area contributed by atoms with Crippen LogP contribution in [0, 0.1) is 0 Å². The molecule has 33 heavy (non-hydrogen) atoms. The van der Waals surface area contributed by atoms with Gasteiger partial charge in [-0.3, -0.25) is 4.79 Å². The highest BCUT2D eigenvalue weighted by Crippen LogP contribution is 2.29. The van der Waals surface area contributed by atoms with Crippen LogP contribution in [0.4, 0.5) is 0 Å². The predicted molar refractivity (Wildman–Crippen MR) is 129 cm³/mol. The summed E-state index contributed by atoms with van der Waals surface area (Å²) in [5, 5.41) is 0. The molecule has 0 bridgehead atoms. The van der Waals surface area contributed by atoms with Gasteiger partial charge in [-0.25, -0.2) is 8.42 Å². The van der Waals surface area contributed by atoms with E-state index in [1.54, 1.807) is 17.0 Å². The Morgan fingerprint density at radius 1 is 0.939 bits per heavy atom. The summed E-state index contributed by atoms with van der Waals surface area (Å²) in [6, 6.07) is 23.4. The van der Waals surface area contributed by atoms with Crippen molar-refractivity contribution >= 4 is 15.9 Å². The van der Waals surface area contributed by atoms with Gasteiger partial charge in [-0.1, -0.05) is 66.7 Å². The van der Waals surface area contributed by atoms with Crippen molar-refractivity contribution in [2.24, 2.45) is 0 Å². The Hall–Kier alpha value is -3.42. The lowest BCUT2D eigenvalue weighted by molar-refractivity contribution is 0.0762. The molecule has 0 saturated carbocycles. The van der Waals surface area contributed by atoms with Crippen molar-refractivity contribution in [3.8, 4) is 5.75 Å². The van der Waals surface area contributed by atoms with E-state index in [0.717, 1.165) is 11.1 Å². The van der Waals surface area contributed by atoms with E-state index in [-0.39, 0.29) is 28.7 Å². The lowest BCUT2D eigenvalue weighted by Gasteiger charge is -2.23. The van der Waals surface area contributed by atoms with E-state index >= 15 is 0 Å². The zero-order valence-electron chi connectivity index (χ0n) is 18.8. The van der Waals surface area contributed by atoms with Crippen LogP contribution in [-0.4, -0.2) is 44.2 Å². The summed E-state index contributed by atoms with van der Waals surface area (Å²) in [5.41, 5.74) is 2.09. The fourth-order valence-corrected chi connectivity index (χ4v) is 4.80. The van der Waals surface area contributed by atoms with Gasteiger partial charge < -0.3 is 9.64 Å². The van der Waals surface area contributed by atoms with E-state index in [1.165, 1.54) is 30.6 Å². The lowest BCUT2D eigenvalue weighted by atomic mass is 10.1. The number of carbonyl (C=O) groups is 1. The number of amides is 1. The van der Waals surface area contributed by atoms with Crippen molar-refractivity contribution in [3.63, 3.8) is 0 Å². The van der Waals surface area contributed by atoms with Crippen molar-refractivity contribution in [3.05, 3.63) is 108 Å². The Balaban J connectivity index is 1.93. The van der Waals surface area contributed by atoms with Crippen molar-refractivity contribution in [1.29, 1.82) is 0 Å². The maximum Gasteiger partial charge on any atom is 0.254 e. The molecule has 3 aromatic rings. The van der Waals surface area contributed by atoms with Gasteiger partial charge in [0.2, 0.25) is 10.0 Å². The van der Waals surface area contributed by atoms with Crippen molar-refractivity contribution < 1.29 is 17.9 Å². The number of benzene rings is 3. The molecular formula is C26H28N2O4S. The first-order chi connectivity index (χ1) is 15.9. The van der Waals surface area contributed by atoms with Crippen LogP contribution in [0.1, 0.15) is 21.5 Å². The maximum atomic E-state index is 13.4. The van der Waals surface area contributed by atoms with Gasteiger partial charge in [0.05, 0.1) is 7.11 Å². The molecule has 0 unspecified atom stereocenters. The largest absolute Gasteiger partial charge is 0.495 e. The number of sulfonamides is 1. The molecule has 7 heteroatoms. The van der Waals surface area contributed by atoms with E-state index < -0.39 is 10.0 Å². The number of nitrogens with zero attached hydrogens (tertiary/aromatic N) is 2. The summed E-state index contributed by atoms with van der Waals surface area (Å²) in [6.45, 7) is 4.66. The summed E-state index contributed by atoms with van der Waals surface area (Å²) < 4.78 is 33.3. The normalized spacial score (nSPS) is 11.2. The predicted octanol–water partition coefficient (Wildman–Crippen LogP) is 4.34. The second kappa shape index (κ2) is 10.9. The molecule has 0 spiro atoms. The number of hydrogen-bond acceptors (Lipinski definition) is 4. The van der Waals surface area contributed by atoms with Crippen LogP contribution in [0.15, 0.2) is 96.4 Å². The second-order valence-corrected chi connectivity index (χ2v) is 9.59. The highest BCUT2D eigenvalue weighted by molar-refractivity contribution is 7.89. The first kappa shape index (κ1) is 24.2. The zero-order valence-corrected chi connectivity index (χ0v) is 19.7. The molecule has 0 saturated heterocycles. The van der Waals surface area contributed by atoms with Gasteiger partial charge in [0.1, 0.15) is 10.6 Å². The molecule has 0 atom stereocenters. The molecule has 0 N–H and O–H groups in total. The fourth-order valence-electron chi connectivity index (χ4n) is 3.47. The van der Waals surface area contributed by atoms with Crippen LogP contribution in [0.2, 0.25) is 0 Å². The van der Waals surface area contributed by atoms with Crippen molar-refractivity contribution in [2.75, 3.05) is 20.7 Å². The lowest BCUT2D eigenvalue weighted by Crippen LogP contribution is -2.31. The minimum Gasteiger partial charge on any atom is -0.495 e. The van der Waals surface area contributed by atoms with Gasteiger partial charge in [0, 0.05) is 32.2 Å². The van der Waals surface area contributed by atoms with E-state index in [1.807, 2.05) is 60.7 Å². The summed E-state index contributed by atoms with van der Waals surface area (Å²) in [5.74, 6) is -0.103. The third kappa shape index (κ3) is 5.88. The number of carbonyl (C=O) groups excluding carboxylic acids is 1. The molecule has 0 aliphatic carbocycles. The highest BCUT2D eigenvalue weighted by Gasteiger charge is 2.27. The zero-order chi connectivity index (χ0) is 23.8. The molecule has 6 nitrogen and oxygen atoms in total. The molecule has 0 aromatic heterocycles. The smallest absolute Gasteiger partial charge is 0.254 e. The van der Waals surface area contributed by atoms with Gasteiger partial charge in [0.25, 0.3) is 5.91 Å². The average molecular weight is 465 g/mol. The van der Waals surface area contributed by atoms with Crippen LogP contribution in [0.25, 0.3) is 0 Å². The molecule has 0 aliphatic rings. The summed E-state index contributed by atoms with van der Waals surface area (Å²) in [6.07, 6.45) is 1.65. The number of rotatable bonds is 10. The molecule has 1 amide bonds. The fraction of sp³-hybridized carbons (Fsp3) is 0.192. The van der Waals surface area contributed by atoms with Gasteiger partial charge >= 0.3 is 0 Å². The quantitative estimate of drug-likeness (QED) is 0.419. The van der Waals surface area contributed by atoms with E-state index in [2.05, 4.69) is 6.58 Å². The maximum absolute atomic E-state index is 13.4. The van der Waals surface area contributed by atoms with Crippen LogP contribution < -0.4 is 4.74 Å². The van der Waals surface area contributed by atoms with Gasteiger partial charge in [-0.15, -0.1) is 6.58 Å². The summed E-state index contributed by atoms with van der Waals surface area (Å²) >= 11 is 0. The minimum absolute atomic E-state index is 0.0486. The number of hydrogen-bond donors (Lipinski definition) is 0. The summed E-state index contributed by atoms with van der Waals surface area (Å²) in [4.78, 5) is 14.9. The Morgan fingerprint density at radius 3 is 2.06 bits per heavy atom.